The normalized spacial score (nSPS) is 16.6. The Morgan fingerprint density at radius 2 is 1.45 bits per heavy atom. The lowest BCUT2D eigenvalue weighted by molar-refractivity contribution is -0.142. The van der Waals surface area contributed by atoms with Crippen molar-refractivity contribution in [2.24, 2.45) is 11.8 Å². The van der Waals surface area contributed by atoms with Gasteiger partial charge in [0.2, 0.25) is 21.8 Å². The maximum absolute atomic E-state index is 13.0. The fraction of sp³-hybridized carbons (Fsp3) is 0.524. The summed E-state index contributed by atoms with van der Waals surface area (Å²) >= 11 is 0. The summed E-state index contributed by atoms with van der Waals surface area (Å²) in [5.41, 5.74) is 0.760. The highest BCUT2D eigenvalue weighted by molar-refractivity contribution is 7.92. The van der Waals surface area contributed by atoms with Crippen LogP contribution in [0.4, 0.5) is 0 Å². The molecule has 1 fully saturated rings. The highest BCUT2D eigenvalue weighted by Crippen LogP contribution is 2.13. The van der Waals surface area contributed by atoms with E-state index < -0.39 is 16.1 Å². The summed E-state index contributed by atoms with van der Waals surface area (Å²) in [6.07, 6.45) is 1.50. The average Bonchev–Trinajstić information content (AvgIpc) is 2.70. The van der Waals surface area contributed by atoms with Crippen LogP contribution in [0.25, 0.3) is 6.08 Å². The molecule has 1 N–H and O–H groups in total. The third kappa shape index (κ3) is 6.68. The lowest BCUT2D eigenvalue weighted by Crippen LogP contribution is -2.57. The summed E-state index contributed by atoms with van der Waals surface area (Å²) in [5.74, 6) is -0.473. The first-order valence-corrected chi connectivity index (χ1v) is 11.5. The van der Waals surface area contributed by atoms with Crippen LogP contribution < -0.4 is 4.72 Å². The zero-order chi connectivity index (χ0) is 21.6. The highest BCUT2D eigenvalue weighted by atomic mass is 32.2. The van der Waals surface area contributed by atoms with Gasteiger partial charge in [-0.05, 0) is 17.6 Å². The Morgan fingerprint density at radius 1 is 0.931 bits per heavy atom. The Bertz CT molecular complexity index is 827. The molecule has 0 aliphatic carbocycles. The minimum Gasteiger partial charge on any atom is -0.339 e. The number of carbonyl (C=O) groups excluding carboxylic acids is 2. The van der Waals surface area contributed by atoms with Crippen molar-refractivity contribution in [2.75, 3.05) is 26.2 Å². The van der Waals surface area contributed by atoms with E-state index in [0.29, 0.717) is 26.2 Å². The van der Waals surface area contributed by atoms with Gasteiger partial charge >= 0.3 is 0 Å². The van der Waals surface area contributed by atoms with Crippen molar-refractivity contribution in [2.45, 2.75) is 33.7 Å². The lowest BCUT2D eigenvalue weighted by Gasteiger charge is -2.37. The topological polar surface area (TPSA) is 86.8 Å². The number of sulfonamides is 1. The molecule has 1 saturated heterocycles. The zero-order valence-corrected chi connectivity index (χ0v) is 18.4. The second-order valence-corrected chi connectivity index (χ2v) is 9.50. The number of rotatable bonds is 7. The fourth-order valence-corrected chi connectivity index (χ4v) is 4.27. The van der Waals surface area contributed by atoms with E-state index in [4.69, 9.17) is 0 Å². The Morgan fingerprint density at radius 3 is 1.93 bits per heavy atom. The molecule has 160 valence electrons. The van der Waals surface area contributed by atoms with Gasteiger partial charge in [0.15, 0.2) is 0 Å². The van der Waals surface area contributed by atoms with Gasteiger partial charge in [0.05, 0.1) is 0 Å². The number of hydrogen-bond donors (Lipinski definition) is 1. The molecule has 1 aromatic rings. The van der Waals surface area contributed by atoms with Gasteiger partial charge in [-0.15, -0.1) is 0 Å². The molecule has 0 spiro atoms. The van der Waals surface area contributed by atoms with Crippen molar-refractivity contribution in [1.29, 1.82) is 0 Å². The minimum absolute atomic E-state index is 0.0734. The third-order valence-corrected chi connectivity index (χ3v) is 5.94. The number of amides is 2. The first kappa shape index (κ1) is 23.1. The first-order chi connectivity index (χ1) is 13.6. The molecule has 1 aromatic carbocycles. The summed E-state index contributed by atoms with van der Waals surface area (Å²) in [6, 6.07) is 8.25. The number of nitrogens with zero attached hydrogens (tertiary/aromatic N) is 2. The van der Waals surface area contributed by atoms with Crippen LogP contribution in [0.15, 0.2) is 35.7 Å². The van der Waals surface area contributed by atoms with E-state index in [1.807, 2.05) is 45.9 Å². The maximum atomic E-state index is 13.0. The van der Waals surface area contributed by atoms with E-state index in [1.165, 1.54) is 6.08 Å². The number of nitrogens with one attached hydrogen (secondary N) is 1. The molecule has 0 saturated carbocycles. The molecule has 1 aliphatic rings. The molecule has 0 unspecified atom stereocenters. The third-order valence-electron chi connectivity index (χ3n) is 4.86. The highest BCUT2D eigenvalue weighted by Gasteiger charge is 2.33. The molecule has 7 nitrogen and oxygen atoms in total. The maximum Gasteiger partial charge on any atom is 0.241 e. The summed E-state index contributed by atoms with van der Waals surface area (Å²) in [7, 11) is -3.79. The number of carbonyl (C=O) groups is 2. The molecular formula is C21H31N3O4S. The van der Waals surface area contributed by atoms with Crippen LogP contribution in [0.1, 0.15) is 33.3 Å². The van der Waals surface area contributed by atoms with E-state index in [9.17, 15) is 18.0 Å². The molecule has 8 heteroatoms. The van der Waals surface area contributed by atoms with Crippen molar-refractivity contribution in [3.05, 3.63) is 41.3 Å². The van der Waals surface area contributed by atoms with E-state index in [-0.39, 0.29) is 23.7 Å². The van der Waals surface area contributed by atoms with Crippen LogP contribution in [-0.2, 0) is 19.6 Å². The SMILES string of the molecule is CC(C)C(=O)N1CCN(C(=O)[C@@H](NS(=O)(=O)/C=C\c2ccccc2)C(C)C)CC1. The second kappa shape index (κ2) is 10.0. The van der Waals surface area contributed by atoms with E-state index in [1.54, 1.807) is 21.9 Å². The van der Waals surface area contributed by atoms with Gasteiger partial charge in [0.1, 0.15) is 6.04 Å². The summed E-state index contributed by atoms with van der Waals surface area (Å²) < 4.78 is 27.5. The van der Waals surface area contributed by atoms with Gasteiger partial charge in [-0.3, -0.25) is 9.59 Å². The van der Waals surface area contributed by atoms with Crippen molar-refractivity contribution in [1.82, 2.24) is 14.5 Å². The summed E-state index contributed by atoms with van der Waals surface area (Å²) in [6.45, 7) is 9.07. The fourth-order valence-electron chi connectivity index (χ4n) is 3.13. The monoisotopic (exact) mass is 421 g/mol. The van der Waals surface area contributed by atoms with Crippen molar-refractivity contribution in [3.8, 4) is 0 Å². The van der Waals surface area contributed by atoms with Gasteiger partial charge in [0.25, 0.3) is 0 Å². The van der Waals surface area contributed by atoms with Crippen LogP contribution in [-0.4, -0.2) is 62.3 Å². The Labute approximate surface area is 173 Å². The van der Waals surface area contributed by atoms with Gasteiger partial charge in [-0.25, -0.2) is 8.42 Å². The molecule has 0 radical (unpaired) electrons. The number of piperazine rings is 1. The molecule has 29 heavy (non-hydrogen) atoms. The lowest BCUT2D eigenvalue weighted by atomic mass is 10.0. The van der Waals surface area contributed by atoms with Gasteiger partial charge in [-0.2, -0.15) is 4.72 Å². The molecule has 0 aromatic heterocycles. The van der Waals surface area contributed by atoms with E-state index in [0.717, 1.165) is 11.0 Å². The van der Waals surface area contributed by atoms with Crippen LogP contribution in [0.3, 0.4) is 0 Å². The van der Waals surface area contributed by atoms with E-state index >= 15 is 0 Å². The van der Waals surface area contributed by atoms with Gasteiger partial charge < -0.3 is 9.80 Å². The minimum atomic E-state index is -3.79. The Kier molecular flexibility index (Phi) is 7.98. The molecule has 1 aliphatic heterocycles. The van der Waals surface area contributed by atoms with Crippen molar-refractivity contribution >= 4 is 27.9 Å². The molecular weight excluding hydrogens is 390 g/mol. The quantitative estimate of drug-likeness (QED) is 0.729. The van der Waals surface area contributed by atoms with Crippen molar-refractivity contribution in [3.63, 3.8) is 0 Å². The van der Waals surface area contributed by atoms with Crippen LogP contribution in [0, 0.1) is 11.8 Å². The predicted molar refractivity (Wildman–Crippen MR) is 114 cm³/mol. The van der Waals surface area contributed by atoms with Gasteiger partial charge in [-0.1, -0.05) is 58.0 Å². The van der Waals surface area contributed by atoms with Crippen molar-refractivity contribution < 1.29 is 18.0 Å². The first-order valence-electron chi connectivity index (χ1n) is 9.93. The molecule has 2 amide bonds. The molecule has 2 rings (SSSR count). The Balaban J connectivity index is 2.03. The van der Waals surface area contributed by atoms with Crippen LogP contribution in [0.2, 0.25) is 0 Å². The molecule has 1 atom stereocenters. The zero-order valence-electron chi connectivity index (χ0n) is 17.5. The summed E-state index contributed by atoms with van der Waals surface area (Å²) in [5, 5.41) is 1.09. The smallest absolute Gasteiger partial charge is 0.241 e. The second-order valence-electron chi connectivity index (χ2n) is 7.90. The average molecular weight is 422 g/mol. The van der Waals surface area contributed by atoms with Gasteiger partial charge in [0, 0.05) is 37.5 Å². The molecule has 1 heterocycles. The summed E-state index contributed by atoms with van der Waals surface area (Å²) in [4.78, 5) is 28.5. The molecule has 0 bridgehead atoms. The van der Waals surface area contributed by atoms with Crippen LogP contribution >= 0.6 is 0 Å². The Hall–Kier alpha value is -2.19. The number of benzene rings is 1. The van der Waals surface area contributed by atoms with Crippen LogP contribution in [0.5, 0.6) is 0 Å². The standard InChI is InChI=1S/C21H31N3O4S/c1-16(2)19(22-29(27,28)15-10-18-8-6-5-7-9-18)21(26)24-13-11-23(12-14-24)20(25)17(3)4/h5-10,15-17,19,22H,11-14H2,1-4H3/b15-10-/t19-/m0/s1. The largest absolute Gasteiger partial charge is 0.339 e. The predicted octanol–water partition coefficient (Wildman–Crippen LogP) is 1.93. The number of hydrogen-bond acceptors (Lipinski definition) is 4. The van der Waals surface area contributed by atoms with E-state index in [2.05, 4.69) is 4.72 Å².